The minimum absolute atomic E-state index is 0.284. The van der Waals surface area contributed by atoms with Crippen molar-refractivity contribution < 1.29 is 19.5 Å². The summed E-state index contributed by atoms with van der Waals surface area (Å²) in [6.07, 6.45) is 6.09. The fourth-order valence-corrected chi connectivity index (χ4v) is 4.19. The zero-order valence-corrected chi connectivity index (χ0v) is 18.5. The molecule has 0 spiro atoms. The highest BCUT2D eigenvalue weighted by molar-refractivity contribution is 6.06. The molecule has 0 aliphatic heterocycles. The summed E-state index contributed by atoms with van der Waals surface area (Å²) in [6.45, 7) is 5.73. The molecule has 3 rings (SSSR count). The number of amides is 2. The SMILES string of the molecule is CC(C)(C)[C@H](NC(=O)c1nn(CC2CCCCC2)c2ccccc12)C(=O)NCC(=O)O. The first-order valence-electron chi connectivity index (χ1n) is 10.9. The van der Waals surface area contributed by atoms with Crippen molar-refractivity contribution in [2.75, 3.05) is 6.54 Å². The second kappa shape index (κ2) is 9.49. The summed E-state index contributed by atoms with van der Waals surface area (Å²) >= 11 is 0. The van der Waals surface area contributed by atoms with Gasteiger partial charge in [0.15, 0.2) is 5.69 Å². The zero-order chi connectivity index (χ0) is 22.6. The number of carboxylic acids is 1. The number of fused-ring (bicyclic) bond motifs is 1. The Hall–Kier alpha value is -2.90. The van der Waals surface area contributed by atoms with Crippen LogP contribution in [-0.4, -0.2) is 45.3 Å². The summed E-state index contributed by atoms with van der Waals surface area (Å²) in [5, 5.41) is 19.4. The summed E-state index contributed by atoms with van der Waals surface area (Å²) in [5.74, 6) is -1.56. The molecule has 1 heterocycles. The van der Waals surface area contributed by atoms with Crippen LogP contribution in [0.4, 0.5) is 0 Å². The third-order valence-corrected chi connectivity index (χ3v) is 5.85. The van der Waals surface area contributed by atoms with Gasteiger partial charge in [0.1, 0.15) is 12.6 Å². The third kappa shape index (κ3) is 5.62. The van der Waals surface area contributed by atoms with E-state index in [1.807, 2.05) is 49.7 Å². The summed E-state index contributed by atoms with van der Waals surface area (Å²) in [6, 6.07) is 6.72. The normalized spacial score (nSPS) is 16.1. The number of benzene rings is 1. The van der Waals surface area contributed by atoms with E-state index in [0.29, 0.717) is 5.92 Å². The second-order valence-corrected chi connectivity index (χ2v) is 9.44. The number of carbonyl (C=O) groups is 3. The quantitative estimate of drug-likeness (QED) is 0.627. The molecule has 0 bridgehead atoms. The Morgan fingerprint density at radius 3 is 2.48 bits per heavy atom. The van der Waals surface area contributed by atoms with Gasteiger partial charge in [-0.25, -0.2) is 0 Å². The molecular weight excluding hydrogens is 396 g/mol. The molecule has 1 fully saturated rings. The molecule has 1 aliphatic rings. The lowest BCUT2D eigenvalue weighted by molar-refractivity contribution is -0.138. The maximum absolute atomic E-state index is 13.2. The number of carbonyl (C=O) groups excluding carboxylic acids is 2. The van der Waals surface area contributed by atoms with Crippen LogP contribution in [0.3, 0.4) is 0 Å². The number of hydrogen-bond acceptors (Lipinski definition) is 4. The molecule has 1 aromatic carbocycles. The van der Waals surface area contributed by atoms with Gasteiger partial charge in [-0.1, -0.05) is 58.2 Å². The Balaban J connectivity index is 1.84. The molecule has 1 atom stereocenters. The first kappa shape index (κ1) is 22.8. The van der Waals surface area contributed by atoms with E-state index in [1.165, 1.54) is 32.1 Å². The Kier molecular flexibility index (Phi) is 6.97. The lowest BCUT2D eigenvalue weighted by Gasteiger charge is -2.30. The van der Waals surface area contributed by atoms with Crippen molar-refractivity contribution >= 4 is 28.7 Å². The zero-order valence-electron chi connectivity index (χ0n) is 18.5. The number of hydrogen-bond donors (Lipinski definition) is 3. The van der Waals surface area contributed by atoms with Crippen molar-refractivity contribution in [2.24, 2.45) is 11.3 Å². The summed E-state index contributed by atoms with van der Waals surface area (Å²) in [5.41, 5.74) is 0.575. The van der Waals surface area contributed by atoms with Gasteiger partial charge in [-0.05, 0) is 30.2 Å². The molecule has 2 aromatic rings. The fourth-order valence-electron chi connectivity index (χ4n) is 4.19. The molecule has 31 heavy (non-hydrogen) atoms. The molecule has 1 aromatic heterocycles. The Bertz CT molecular complexity index is 954. The van der Waals surface area contributed by atoms with Crippen molar-refractivity contribution in [1.29, 1.82) is 0 Å². The van der Waals surface area contributed by atoms with Gasteiger partial charge in [-0.15, -0.1) is 0 Å². The first-order chi connectivity index (χ1) is 14.7. The Morgan fingerprint density at radius 1 is 1.16 bits per heavy atom. The predicted octanol–water partition coefficient (Wildman–Crippen LogP) is 2.96. The van der Waals surface area contributed by atoms with E-state index in [4.69, 9.17) is 5.11 Å². The van der Waals surface area contributed by atoms with Crippen LogP contribution in [0.1, 0.15) is 63.4 Å². The van der Waals surface area contributed by atoms with Crippen LogP contribution in [-0.2, 0) is 16.1 Å². The number of aromatic nitrogens is 2. The lowest BCUT2D eigenvalue weighted by atomic mass is 9.86. The molecule has 1 aliphatic carbocycles. The van der Waals surface area contributed by atoms with Gasteiger partial charge in [0.05, 0.1) is 5.52 Å². The standard InChI is InChI=1S/C23H32N4O4/c1-23(2,3)20(22(31)24-13-18(28)29)25-21(30)19-16-11-7-8-12-17(16)27(26-19)14-15-9-5-4-6-10-15/h7-8,11-12,15,20H,4-6,9-10,13-14H2,1-3H3,(H,24,31)(H,25,30)(H,28,29)/t20-/m1/s1. The van der Waals surface area contributed by atoms with Gasteiger partial charge in [-0.2, -0.15) is 5.10 Å². The predicted molar refractivity (Wildman–Crippen MR) is 118 cm³/mol. The van der Waals surface area contributed by atoms with Crippen molar-refractivity contribution in [3.63, 3.8) is 0 Å². The second-order valence-electron chi connectivity index (χ2n) is 9.44. The third-order valence-electron chi connectivity index (χ3n) is 5.85. The average molecular weight is 429 g/mol. The highest BCUT2D eigenvalue weighted by Crippen LogP contribution is 2.27. The van der Waals surface area contributed by atoms with Gasteiger partial charge >= 0.3 is 5.97 Å². The van der Waals surface area contributed by atoms with E-state index in [9.17, 15) is 14.4 Å². The summed E-state index contributed by atoms with van der Waals surface area (Å²) in [4.78, 5) is 36.6. The monoisotopic (exact) mass is 428 g/mol. The fraction of sp³-hybridized carbons (Fsp3) is 0.565. The minimum Gasteiger partial charge on any atom is -0.480 e. The van der Waals surface area contributed by atoms with Crippen molar-refractivity contribution in [2.45, 2.75) is 65.5 Å². The van der Waals surface area contributed by atoms with Gasteiger partial charge in [-0.3, -0.25) is 19.1 Å². The average Bonchev–Trinajstić information content (AvgIpc) is 3.08. The summed E-state index contributed by atoms with van der Waals surface area (Å²) in [7, 11) is 0. The van der Waals surface area contributed by atoms with E-state index < -0.39 is 35.8 Å². The van der Waals surface area contributed by atoms with Crippen LogP contribution in [0.5, 0.6) is 0 Å². The van der Waals surface area contributed by atoms with Gasteiger partial charge in [0.25, 0.3) is 5.91 Å². The van der Waals surface area contributed by atoms with E-state index in [0.717, 1.165) is 17.4 Å². The molecular formula is C23H32N4O4. The van der Waals surface area contributed by atoms with Crippen LogP contribution in [0.25, 0.3) is 10.9 Å². The highest BCUT2D eigenvalue weighted by Gasteiger charge is 2.34. The highest BCUT2D eigenvalue weighted by atomic mass is 16.4. The molecule has 0 saturated heterocycles. The van der Waals surface area contributed by atoms with Gasteiger partial charge in [0.2, 0.25) is 5.91 Å². The van der Waals surface area contributed by atoms with E-state index in [2.05, 4.69) is 15.7 Å². The van der Waals surface area contributed by atoms with Crippen molar-refractivity contribution in [1.82, 2.24) is 20.4 Å². The molecule has 3 N–H and O–H groups in total. The number of aliphatic carboxylic acids is 1. The van der Waals surface area contributed by atoms with Crippen LogP contribution in [0.15, 0.2) is 24.3 Å². The molecule has 168 valence electrons. The summed E-state index contributed by atoms with van der Waals surface area (Å²) < 4.78 is 1.91. The van der Waals surface area contributed by atoms with Gasteiger partial charge in [0, 0.05) is 11.9 Å². The van der Waals surface area contributed by atoms with E-state index >= 15 is 0 Å². The number of rotatable bonds is 7. The maximum atomic E-state index is 13.2. The van der Waals surface area contributed by atoms with E-state index in [1.54, 1.807) is 0 Å². The largest absolute Gasteiger partial charge is 0.480 e. The topological polar surface area (TPSA) is 113 Å². The first-order valence-corrected chi connectivity index (χ1v) is 10.9. The Morgan fingerprint density at radius 2 is 1.84 bits per heavy atom. The lowest BCUT2D eigenvalue weighted by Crippen LogP contribution is -2.54. The van der Waals surface area contributed by atoms with Crippen molar-refractivity contribution in [3.05, 3.63) is 30.0 Å². The molecule has 8 heteroatoms. The van der Waals surface area contributed by atoms with E-state index in [-0.39, 0.29) is 5.69 Å². The van der Waals surface area contributed by atoms with Gasteiger partial charge < -0.3 is 15.7 Å². The molecule has 8 nitrogen and oxygen atoms in total. The van der Waals surface area contributed by atoms with Crippen LogP contribution < -0.4 is 10.6 Å². The molecule has 1 saturated carbocycles. The minimum atomic E-state index is -1.14. The molecule has 0 radical (unpaired) electrons. The maximum Gasteiger partial charge on any atom is 0.322 e. The van der Waals surface area contributed by atoms with Crippen LogP contribution in [0, 0.1) is 11.3 Å². The van der Waals surface area contributed by atoms with Crippen LogP contribution in [0.2, 0.25) is 0 Å². The number of para-hydroxylation sites is 1. The number of carboxylic acid groups (broad SMARTS) is 1. The van der Waals surface area contributed by atoms with Crippen molar-refractivity contribution in [3.8, 4) is 0 Å². The van der Waals surface area contributed by atoms with Crippen LogP contribution >= 0.6 is 0 Å². The number of nitrogens with one attached hydrogen (secondary N) is 2. The molecule has 2 amide bonds. The smallest absolute Gasteiger partial charge is 0.322 e. The molecule has 0 unspecified atom stereocenters. The number of nitrogens with zero attached hydrogens (tertiary/aromatic N) is 2. The Labute approximate surface area is 182 Å².